The molecule has 11 rings (SSSR count). The summed E-state index contributed by atoms with van der Waals surface area (Å²) in [7, 11) is 0. The van der Waals surface area contributed by atoms with Gasteiger partial charge in [-0.1, -0.05) is 164 Å². The SMILES string of the molecule is [2H]c1cc(-c2ccc3ccc4cccc5ccc2c3c45)c(-c2c([2H])c(-c3ccccc3)c([2H])c(-c3ccc4ccc5cccc6ccc3c4c56)c2[2H])c([2H])c1[2H]. The molecule has 0 heterocycles. The van der Waals surface area contributed by atoms with E-state index in [2.05, 4.69) is 91.0 Å². The molecule has 230 valence electrons. The first-order valence-corrected chi connectivity index (χ1v) is 16.9. The maximum atomic E-state index is 10.1. The lowest BCUT2D eigenvalue weighted by atomic mass is 9.85. The van der Waals surface area contributed by atoms with Crippen molar-refractivity contribution in [1.82, 2.24) is 0 Å². The Labute approximate surface area is 298 Å². The molecule has 0 nitrogen and oxygen atoms in total. The Morgan fingerprint density at radius 2 is 0.760 bits per heavy atom. The molecule has 0 aliphatic carbocycles. The molecule has 11 aromatic carbocycles. The van der Waals surface area contributed by atoms with Crippen molar-refractivity contribution in [2.24, 2.45) is 0 Å². The molecule has 0 fully saturated rings. The minimum absolute atomic E-state index is 0.0562. The van der Waals surface area contributed by atoms with Crippen LogP contribution in [0.2, 0.25) is 0 Å². The third-order valence-electron chi connectivity index (χ3n) is 10.4. The van der Waals surface area contributed by atoms with Gasteiger partial charge in [-0.15, -0.1) is 0 Å². The van der Waals surface area contributed by atoms with Crippen molar-refractivity contribution in [3.8, 4) is 44.5 Å². The number of benzene rings is 11. The summed E-state index contributed by atoms with van der Waals surface area (Å²) < 4.78 is 57.1. The summed E-state index contributed by atoms with van der Waals surface area (Å²) in [6.45, 7) is 0. The van der Waals surface area contributed by atoms with Crippen LogP contribution in [0, 0.1) is 0 Å². The van der Waals surface area contributed by atoms with Gasteiger partial charge in [0.2, 0.25) is 0 Å². The fourth-order valence-corrected chi connectivity index (χ4v) is 8.16. The molecule has 0 N–H and O–H groups in total. The lowest BCUT2D eigenvalue weighted by Crippen LogP contribution is -1.92. The zero-order valence-electron chi connectivity index (χ0n) is 32.9. The number of hydrogen-bond donors (Lipinski definition) is 0. The molecule has 0 heteroatoms. The molecule has 0 spiro atoms. The Morgan fingerprint density at radius 3 is 1.38 bits per heavy atom. The zero-order valence-corrected chi connectivity index (χ0v) is 26.9. The fraction of sp³-hybridized carbons (Fsp3) is 0. The highest BCUT2D eigenvalue weighted by molar-refractivity contribution is 6.27. The van der Waals surface area contributed by atoms with Crippen LogP contribution in [-0.4, -0.2) is 0 Å². The Hall–Kier alpha value is -6.50. The zero-order chi connectivity index (χ0) is 38.0. The summed E-state index contributed by atoms with van der Waals surface area (Å²) >= 11 is 0. The van der Waals surface area contributed by atoms with Crippen LogP contribution < -0.4 is 0 Å². The summed E-state index contributed by atoms with van der Waals surface area (Å²) in [4.78, 5) is 0. The molecule has 0 amide bonds. The molecular formula is C50H30. The van der Waals surface area contributed by atoms with Gasteiger partial charge in [0.05, 0.1) is 8.22 Å². The van der Waals surface area contributed by atoms with Crippen molar-refractivity contribution in [3.63, 3.8) is 0 Å². The van der Waals surface area contributed by atoms with Gasteiger partial charge in [0, 0.05) is 0 Å². The van der Waals surface area contributed by atoms with E-state index in [0.717, 1.165) is 70.2 Å². The van der Waals surface area contributed by atoms with Gasteiger partial charge < -0.3 is 0 Å². The predicted octanol–water partition coefficient (Wildman–Crippen LogP) is 14.1. The van der Waals surface area contributed by atoms with E-state index in [4.69, 9.17) is 2.74 Å². The molecule has 0 bridgehead atoms. The smallest absolute Gasteiger partial charge is 0.0622 e. The first-order valence-electron chi connectivity index (χ1n) is 19.9. The summed E-state index contributed by atoms with van der Waals surface area (Å²) in [5.41, 5.74) is 3.73. The lowest BCUT2D eigenvalue weighted by Gasteiger charge is -2.18. The number of rotatable bonds is 4. The first-order chi connectivity index (χ1) is 27.3. The van der Waals surface area contributed by atoms with Crippen molar-refractivity contribution >= 4 is 64.6 Å². The Kier molecular flexibility index (Phi) is 4.66. The van der Waals surface area contributed by atoms with Crippen LogP contribution in [0.5, 0.6) is 0 Å². The van der Waals surface area contributed by atoms with Crippen molar-refractivity contribution in [2.75, 3.05) is 0 Å². The highest BCUT2D eigenvalue weighted by Crippen LogP contribution is 2.45. The summed E-state index contributed by atoms with van der Waals surface area (Å²) in [6.07, 6.45) is 0. The van der Waals surface area contributed by atoms with Crippen LogP contribution in [0.25, 0.3) is 109 Å². The molecule has 11 aromatic rings. The van der Waals surface area contributed by atoms with E-state index in [-0.39, 0.29) is 47.4 Å². The van der Waals surface area contributed by atoms with E-state index in [1.807, 2.05) is 48.5 Å². The van der Waals surface area contributed by atoms with Gasteiger partial charge >= 0.3 is 0 Å². The second-order valence-corrected chi connectivity index (χ2v) is 13.1. The monoisotopic (exact) mass is 636 g/mol. The third-order valence-corrected chi connectivity index (χ3v) is 10.4. The van der Waals surface area contributed by atoms with Crippen LogP contribution in [-0.2, 0) is 0 Å². The van der Waals surface area contributed by atoms with Crippen molar-refractivity contribution in [2.45, 2.75) is 0 Å². The molecule has 0 aromatic heterocycles. The Morgan fingerprint density at radius 1 is 0.280 bits per heavy atom. The van der Waals surface area contributed by atoms with Gasteiger partial charge in [0.15, 0.2) is 0 Å². The summed E-state index contributed by atoms with van der Waals surface area (Å²) in [6, 6.07) is 47.7. The van der Waals surface area contributed by atoms with Crippen LogP contribution in [0.15, 0.2) is 182 Å². The first kappa shape index (κ1) is 22.2. The molecule has 0 saturated carbocycles. The van der Waals surface area contributed by atoms with Crippen LogP contribution in [0.1, 0.15) is 8.22 Å². The molecule has 0 atom stereocenters. The lowest BCUT2D eigenvalue weighted by molar-refractivity contribution is 1.57. The number of hydrogen-bond acceptors (Lipinski definition) is 0. The van der Waals surface area contributed by atoms with Gasteiger partial charge in [0.1, 0.15) is 0 Å². The van der Waals surface area contributed by atoms with Crippen molar-refractivity contribution < 1.29 is 8.22 Å². The van der Waals surface area contributed by atoms with Crippen LogP contribution >= 0.6 is 0 Å². The normalized spacial score (nSPS) is 13.7. The average molecular weight is 637 g/mol. The minimum atomic E-state index is -0.277. The molecule has 50 heavy (non-hydrogen) atoms. The van der Waals surface area contributed by atoms with Gasteiger partial charge in [-0.25, -0.2) is 0 Å². The fourth-order valence-electron chi connectivity index (χ4n) is 8.16. The second-order valence-electron chi connectivity index (χ2n) is 13.1. The van der Waals surface area contributed by atoms with Gasteiger partial charge in [0.25, 0.3) is 0 Å². The van der Waals surface area contributed by atoms with Gasteiger partial charge in [-0.05, 0) is 127 Å². The maximum absolute atomic E-state index is 10.1. The van der Waals surface area contributed by atoms with E-state index >= 15 is 0 Å². The summed E-state index contributed by atoms with van der Waals surface area (Å²) in [5.74, 6) is 0. The van der Waals surface area contributed by atoms with Crippen LogP contribution in [0.4, 0.5) is 0 Å². The van der Waals surface area contributed by atoms with E-state index in [0.29, 0.717) is 27.8 Å². The standard InChI is InChI=1S/C50H30/c1-2-8-31(9-3-1)38-28-39(30-40(29-38)42-24-20-36-18-16-32-10-6-12-34-22-26-45(42)49(36)47(32)34)41-14-4-5-15-43(41)44-25-21-37-19-17-33-11-7-13-35-23-27-46(44)50(37)48(33)35/h1-30H/i4D,5D,14D,28D,29D,30D. The summed E-state index contributed by atoms with van der Waals surface area (Å²) in [5, 5.41) is 12.8. The van der Waals surface area contributed by atoms with E-state index < -0.39 is 0 Å². The van der Waals surface area contributed by atoms with E-state index in [1.54, 1.807) is 6.07 Å². The maximum Gasteiger partial charge on any atom is 0.0636 e. The Balaban J connectivity index is 1.28. The largest absolute Gasteiger partial charge is 0.0636 e. The molecule has 0 aliphatic rings. The molecule has 0 unspecified atom stereocenters. The van der Waals surface area contributed by atoms with Crippen molar-refractivity contribution in [3.05, 3.63) is 182 Å². The topological polar surface area (TPSA) is 0 Å². The second kappa shape index (κ2) is 10.5. The van der Waals surface area contributed by atoms with E-state index in [9.17, 15) is 5.48 Å². The molecule has 0 radical (unpaired) electrons. The van der Waals surface area contributed by atoms with E-state index in [1.165, 1.54) is 0 Å². The highest BCUT2D eigenvalue weighted by Gasteiger charge is 2.18. The van der Waals surface area contributed by atoms with Crippen LogP contribution in [0.3, 0.4) is 0 Å². The highest BCUT2D eigenvalue weighted by atomic mass is 14.2. The molecule has 0 aliphatic heterocycles. The third kappa shape index (κ3) is 4.00. The Bertz CT molecular complexity index is 3390. The predicted molar refractivity (Wildman–Crippen MR) is 216 cm³/mol. The minimum Gasteiger partial charge on any atom is -0.0622 e. The van der Waals surface area contributed by atoms with Crippen molar-refractivity contribution in [1.29, 1.82) is 0 Å². The average Bonchev–Trinajstić information content (AvgIpc) is 3.22. The van der Waals surface area contributed by atoms with Gasteiger partial charge in [-0.3, -0.25) is 0 Å². The quantitative estimate of drug-likeness (QED) is 0.169. The molecule has 0 saturated heterocycles. The van der Waals surface area contributed by atoms with Gasteiger partial charge in [-0.2, -0.15) is 0 Å². The molecular weight excluding hydrogens is 601 g/mol.